The molecule has 0 bridgehead atoms. The Balaban J connectivity index is 1.43. The largest absolute Gasteiger partial charge is 0.315 e. The van der Waals surface area contributed by atoms with Gasteiger partial charge in [-0.2, -0.15) is 0 Å². The molecule has 2 fully saturated rings. The van der Waals surface area contributed by atoms with Crippen molar-refractivity contribution < 1.29 is 0 Å². The first-order valence-electron chi connectivity index (χ1n) is 6.46. The van der Waals surface area contributed by atoms with Gasteiger partial charge in [0.2, 0.25) is 0 Å². The van der Waals surface area contributed by atoms with E-state index in [1.165, 1.54) is 65.1 Å². The number of hydrogen-bond donors (Lipinski definition) is 1. The Kier molecular flexibility index (Phi) is 4.42. The van der Waals surface area contributed by atoms with E-state index in [0.717, 1.165) is 5.92 Å². The first kappa shape index (κ1) is 11.4. The van der Waals surface area contributed by atoms with E-state index in [9.17, 15) is 0 Å². The second kappa shape index (κ2) is 5.83. The molecule has 0 atom stereocenters. The average Bonchev–Trinajstić information content (AvgIpc) is 3.04. The van der Waals surface area contributed by atoms with Crippen LogP contribution in [0.3, 0.4) is 0 Å². The maximum atomic E-state index is 3.56. The number of nitrogens with one attached hydrogen (secondary N) is 1. The number of likely N-dealkylation sites (N-methyl/N-ethyl adjacent to an activating group) is 1. The van der Waals surface area contributed by atoms with Crippen LogP contribution < -0.4 is 5.32 Å². The summed E-state index contributed by atoms with van der Waals surface area (Å²) in [6.07, 6.45) is 4.38. The minimum Gasteiger partial charge on any atom is -0.315 e. The Hall–Kier alpha value is -0.120. The summed E-state index contributed by atoms with van der Waals surface area (Å²) in [7, 11) is 2.21. The molecule has 1 heterocycles. The summed E-state index contributed by atoms with van der Waals surface area (Å²) in [5.74, 6) is 1.07. The van der Waals surface area contributed by atoms with Crippen LogP contribution in [0, 0.1) is 5.92 Å². The maximum absolute atomic E-state index is 3.56. The summed E-state index contributed by atoms with van der Waals surface area (Å²) in [6, 6.07) is 0. The third-order valence-electron chi connectivity index (χ3n) is 3.63. The first-order chi connectivity index (χ1) is 7.34. The monoisotopic (exact) mass is 211 g/mol. The van der Waals surface area contributed by atoms with Gasteiger partial charge in [-0.25, -0.2) is 0 Å². The highest BCUT2D eigenvalue weighted by Gasteiger charge is 2.20. The van der Waals surface area contributed by atoms with Gasteiger partial charge in [0.1, 0.15) is 0 Å². The summed E-state index contributed by atoms with van der Waals surface area (Å²) in [5.41, 5.74) is 0. The fourth-order valence-corrected chi connectivity index (χ4v) is 2.15. The van der Waals surface area contributed by atoms with Crippen molar-refractivity contribution in [2.75, 3.05) is 52.9 Å². The molecule has 0 aromatic carbocycles. The summed E-state index contributed by atoms with van der Waals surface area (Å²) in [6.45, 7) is 8.62. The van der Waals surface area contributed by atoms with Gasteiger partial charge in [0, 0.05) is 39.3 Å². The van der Waals surface area contributed by atoms with Gasteiger partial charge in [-0.3, -0.25) is 4.90 Å². The highest BCUT2D eigenvalue weighted by molar-refractivity contribution is 4.74. The molecule has 0 unspecified atom stereocenters. The van der Waals surface area contributed by atoms with Gasteiger partial charge in [-0.1, -0.05) is 12.8 Å². The summed E-state index contributed by atoms with van der Waals surface area (Å²) in [5, 5.41) is 3.56. The van der Waals surface area contributed by atoms with Crippen molar-refractivity contribution >= 4 is 0 Å². The van der Waals surface area contributed by atoms with Crippen LogP contribution in [0.2, 0.25) is 0 Å². The molecule has 0 aromatic heterocycles. The number of hydrogen-bond acceptors (Lipinski definition) is 3. The second-order valence-corrected chi connectivity index (χ2v) is 5.13. The minimum absolute atomic E-state index is 1.07. The van der Waals surface area contributed by atoms with Crippen molar-refractivity contribution in [3.8, 4) is 0 Å². The fraction of sp³-hybridized carbons (Fsp3) is 1.00. The average molecular weight is 211 g/mol. The van der Waals surface area contributed by atoms with Crippen molar-refractivity contribution in [2.24, 2.45) is 5.92 Å². The lowest BCUT2D eigenvalue weighted by Gasteiger charge is -2.32. The molecular weight excluding hydrogens is 186 g/mol. The van der Waals surface area contributed by atoms with Crippen LogP contribution in [0.5, 0.6) is 0 Å². The van der Waals surface area contributed by atoms with Crippen LogP contribution >= 0.6 is 0 Å². The fourth-order valence-electron chi connectivity index (χ4n) is 2.15. The van der Waals surface area contributed by atoms with Crippen molar-refractivity contribution in [2.45, 2.75) is 19.3 Å². The molecule has 15 heavy (non-hydrogen) atoms. The molecule has 1 saturated carbocycles. The van der Waals surface area contributed by atoms with Crippen LogP contribution in [0.25, 0.3) is 0 Å². The molecule has 2 aliphatic rings. The molecular formula is C12H25N3. The van der Waals surface area contributed by atoms with Gasteiger partial charge < -0.3 is 10.2 Å². The van der Waals surface area contributed by atoms with E-state index >= 15 is 0 Å². The molecule has 0 radical (unpaired) electrons. The predicted molar refractivity (Wildman–Crippen MR) is 64.1 cm³/mol. The maximum Gasteiger partial charge on any atom is 0.0110 e. The third-order valence-corrected chi connectivity index (χ3v) is 3.63. The van der Waals surface area contributed by atoms with Gasteiger partial charge in [-0.05, 0) is 25.9 Å². The first-order valence-corrected chi connectivity index (χ1v) is 6.46. The third kappa shape index (κ3) is 4.49. The van der Waals surface area contributed by atoms with Gasteiger partial charge in [0.05, 0.1) is 0 Å². The summed E-state index contributed by atoms with van der Waals surface area (Å²) < 4.78 is 0. The molecule has 1 aliphatic carbocycles. The highest BCUT2D eigenvalue weighted by Crippen LogP contribution is 2.31. The molecule has 2 rings (SSSR count). The van der Waals surface area contributed by atoms with E-state index < -0.39 is 0 Å². The van der Waals surface area contributed by atoms with Crippen LogP contribution in [0.1, 0.15) is 19.3 Å². The Morgan fingerprint density at radius 1 is 1.07 bits per heavy atom. The lowest BCUT2D eigenvalue weighted by Crippen LogP contribution is -2.46. The molecule has 0 amide bonds. The smallest absolute Gasteiger partial charge is 0.0110 e. The van der Waals surface area contributed by atoms with Crippen molar-refractivity contribution in [1.82, 2.24) is 15.1 Å². The second-order valence-electron chi connectivity index (χ2n) is 5.13. The van der Waals surface area contributed by atoms with Crippen LogP contribution in [0.15, 0.2) is 0 Å². The Labute approximate surface area is 93.8 Å². The normalized spacial score (nSPS) is 24.6. The van der Waals surface area contributed by atoms with Gasteiger partial charge in [-0.15, -0.1) is 0 Å². The van der Waals surface area contributed by atoms with Crippen molar-refractivity contribution in [3.05, 3.63) is 0 Å². The molecule has 1 saturated heterocycles. The zero-order valence-corrected chi connectivity index (χ0v) is 10.0. The summed E-state index contributed by atoms with van der Waals surface area (Å²) >= 11 is 0. The van der Waals surface area contributed by atoms with E-state index in [4.69, 9.17) is 0 Å². The lowest BCUT2D eigenvalue weighted by atomic mass is 10.3. The standard InChI is InChI=1S/C12H25N3/c1-14-8-10-15(11-9-14)7-6-13-5-4-12-2-3-12/h12-13H,2-11H2,1H3. The van der Waals surface area contributed by atoms with E-state index in [2.05, 4.69) is 22.2 Å². The Morgan fingerprint density at radius 2 is 1.80 bits per heavy atom. The Morgan fingerprint density at radius 3 is 2.47 bits per heavy atom. The Bertz CT molecular complexity index is 172. The zero-order valence-electron chi connectivity index (χ0n) is 10.0. The minimum atomic E-state index is 1.07. The van der Waals surface area contributed by atoms with Crippen molar-refractivity contribution in [1.29, 1.82) is 0 Å². The highest BCUT2D eigenvalue weighted by atomic mass is 15.2. The van der Waals surface area contributed by atoms with Gasteiger partial charge in [0.15, 0.2) is 0 Å². The van der Waals surface area contributed by atoms with Crippen LogP contribution in [0.4, 0.5) is 0 Å². The van der Waals surface area contributed by atoms with Crippen LogP contribution in [-0.4, -0.2) is 62.7 Å². The molecule has 1 N–H and O–H groups in total. The number of nitrogens with zero attached hydrogens (tertiary/aromatic N) is 2. The molecule has 88 valence electrons. The van der Waals surface area contributed by atoms with Crippen LogP contribution in [-0.2, 0) is 0 Å². The van der Waals surface area contributed by atoms with E-state index in [1.54, 1.807) is 0 Å². The predicted octanol–water partition coefficient (Wildman–Crippen LogP) is 0.623. The molecule has 3 heteroatoms. The molecule has 0 aromatic rings. The molecule has 0 spiro atoms. The van der Waals surface area contributed by atoms with Gasteiger partial charge in [0.25, 0.3) is 0 Å². The van der Waals surface area contributed by atoms with E-state index in [-0.39, 0.29) is 0 Å². The molecule has 3 nitrogen and oxygen atoms in total. The molecule has 1 aliphatic heterocycles. The van der Waals surface area contributed by atoms with E-state index in [0.29, 0.717) is 0 Å². The van der Waals surface area contributed by atoms with Gasteiger partial charge >= 0.3 is 0 Å². The lowest BCUT2D eigenvalue weighted by molar-refractivity contribution is 0.155. The van der Waals surface area contributed by atoms with Crippen molar-refractivity contribution in [3.63, 3.8) is 0 Å². The quantitative estimate of drug-likeness (QED) is 0.650. The van der Waals surface area contributed by atoms with E-state index in [1.807, 2.05) is 0 Å². The zero-order chi connectivity index (χ0) is 10.5. The number of rotatable bonds is 6. The summed E-state index contributed by atoms with van der Waals surface area (Å²) in [4.78, 5) is 4.99. The topological polar surface area (TPSA) is 18.5 Å². The SMILES string of the molecule is CN1CCN(CCNCCC2CC2)CC1. The number of piperazine rings is 1.